The number of ketones is 1. The molecule has 0 aliphatic carbocycles. The van der Waals surface area contributed by atoms with Crippen LogP contribution in [0.2, 0.25) is 0 Å². The molecule has 0 aliphatic rings. The molecule has 2 heterocycles. The van der Waals surface area contributed by atoms with Gasteiger partial charge in [0.05, 0.1) is 10.9 Å². The van der Waals surface area contributed by atoms with Gasteiger partial charge in [-0.15, -0.1) is 0 Å². The first kappa shape index (κ1) is 21.1. The number of benzene rings is 2. The molecule has 6 nitrogen and oxygen atoms in total. The molecule has 0 spiro atoms. The maximum absolute atomic E-state index is 13.1. The number of aryl methyl sites for hydroxylation is 2. The van der Waals surface area contributed by atoms with Gasteiger partial charge < -0.3 is 9.88 Å². The molecule has 1 amide bonds. The Hall–Kier alpha value is -4.13. The number of carbonyl (C=O) groups is 2. The van der Waals surface area contributed by atoms with E-state index >= 15 is 0 Å². The summed E-state index contributed by atoms with van der Waals surface area (Å²) in [6.45, 7) is 3.50. The molecule has 0 atom stereocenters. The smallest absolute Gasteiger partial charge is 0.244 e. The minimum absolute atomic E-state index is 0.0402. The average Bonchev–Trinajstić information content (AvgIpc) is 2.77. The van der Waals surface area contributed by atoms with Crippen molar-refractivity contribution in [2.24, 2.45) is 0 Å². The summed E-state index contributed by atoms with van der Waals surface area (Å²) < 4.78 is 14.6. The maximum atomic E-state index is 13.1. The van der Waals surface area contributed by atoms with Crippen LogP contribution < -0.4 is 10.7 Å². The second-order valence-corrected chi connectivity index (χ2v) is 7.57. The highest BCUT2D eigenvalue weighted by Gasteiger charge is 2.19. The van der Waals surface area contributed by atoms with Crippen molar-refractivity contribution in [2.75, 3.05) is 5.32 Å². The molecule has 160 valence electrons. The van der Waals surface area contributed by atoms with Crippen molar-refractivity contribution in [1.82, 2.24) is 9.55 Å². The summed E-state index contributed by atoms with van der Waals surface area (Å²) >= 11 is 0. The number of nitrogens with zero attached hydrogens (tertiary/aromatic N) is 2. The zero-order valence-electron chi connectivity index (χ0n) is 17.6. The highest BCUT2D eigenvalue weighted by atomic mass is 19.1. The second kappa shape index (κ2) is 8.55. The van der Waals surface area contributed by atoms with Crippen LogP contribution in [0.25, 0.3) is 11.0 Å². The van der Waals surface area contributed by atoms with Crippen LogP contribution in [-0.2, 0) is 11.3 Å². The van der Waals surface area contributed by atoms with Gasteiger partial charge in [0.25, 0.3) is 0 Å². The van der Waals surface area contributed by atoms with E-state index < -0.39 is 22.9 Å². The number of halogens is 1. The van der Waals surface area contributed by atoms with E-state index in [1.807, 2.05) is 6.92 Å². The molecule has 0 saturated heterocycles. The van der Waals surface area contributed by atoms with Crippen molar-refractivity contribution in [3.63, 3.8) is 0 Å². The lowest BCUT2D eigenvalue weighted by atomic mass is 10.0. The molecule has 0 radical (unpaired) electrons. The minimum Gasteiger partial charge on any atom is -0.325 e. The Morgan fingerprint density at radius 1 is 0.969 bits per heavy atom. The zero-order chi connectivity index (χ0) is 22.8. The van der Waals surface area contributed by atoms with Gasteiger partial charge in [0.1, 0.15) is 18.0 Å². The molecule has 2 aromatic carbocycles. The lowest BCUT2D eigenvalue weighted by Crippen LogP contribution is -2.25. The Morgan fingerprint density at radius 2 is 1.66 bits per heavy atom. The predicted octanol–water partition coefficient (Wildman–Crippen LogP) is 4.02. The molecule has 2 aromatic heterocycles. The van der Waals surface area contributed by atoms with Crippen molar-refractivity contribution in [2.45, 2.75) is 20.4 Å². The van der Waals surface area contributed by atoms with Gasteiger partial charge in [-0.25, -0.2) is 9.37 Å². The molecule has 0 unspecified atom stereocenters. The van der Waals surface area contributed by atoms with Crippen LogP contribution in [0.3, 0.4) is 0 Å². The first-order valence-corrected chi connectivity index (χ1v) is 9.99. The Bertz CT molecular complexity index is 1390. The lowest BCUT2D eigenvalue weighted by molar-refractivity contribution is -0.116. The number of hydrogen-bond donors (Lipinski definition) is 1. The standard InChI is InChI=1S/C25H20FN3O3/c1-15-3-6-17(7-4-15)23(31)21-13-29(25-20(24(21)32)12-5-16(2)27-25)14-22(30)28-19-10-8-18(26)9-11-19/h3-13H,14H2,1-2H3,(H,28,30). The van der Waals surface area contributed by atoms with Crippen molar-refractivity contribution in [3.8, 4) is 0 Å². The van der Waals surface area contributed by atoms with Gasteiger partial charge in [-0.3, -0.25) is 14.4 Å². The summed E-state index contributed by atoms with van der Waals surface area (Å²) in [5.74, 6) is -1.24. The Labute approximate surface area is 183 Å². The number of nitrogens with one attached hydrogen (secondary N) is 1. The SMILES string of the molecule is Cc1ccc(C(=O)c2cn(CC(=O)Nc3ccc(F)cc3)c3nc(C)ccc3c2=O)cc1. The van der Waals surface area contributed by atoms with E-state index in [9.17, 15) is 18.8 Å². The monoisotopic (exact) mass is 429 g/mol. The van der Waals surface area contributed by atoms with Gasteiger partial charge in [-0.1, -0.05) is 29.8 Å². The normalized spacial score (nSPS) is 10.8. The first-order chi connectivity index (χ1) is 15.3. The third-order valence-electron chi connectivity index (χ3n) is 5.06. The number of amides is 1. The van der Waals surface area contributed by atoms with E-state index in [1.165, 1.54) is 35.0 Å². The molecular formula is C25H20FN3O3. The summed E-state index contributed by atoms with van der Waals surface area (Å²) in [6, 6.07) is 15.6. The third kappa shape index (κ3) is 4.32. The number of aromatic nitrogens is 2. The molecule has 1 N–H and O–H groups in total. The molecule has 4 rings (SSSR count). The van der Waals surface area contributed by atoms with Gasteiger partial charge in [-0.05, 0) is 50.2 Å². The van der Waals surface area contributed by atoms with E-state index in [0.29, 0.717) is 22.6 Å². The second-order valence-electron chi connectivity index (χ2n) is 7.57. The van der Waals surface area contributed by atoms with Crippen LogP contribution in [0.5, 0.6) is 0 Å². The largest absolute Gasteiger partial charge is 0.325 e. The fourth-order valence-electron chi connectivity index (χ4n) is 3.39. The lowest BCUT2D eigenvalue weighted by Gasteiger charge is -2.13. The van der Waals surface area contributed by atoms with Gasteiger partial charge in [0.2, 0.25) is 11.3 Å². The molecule has 0 saturated carbocycles. The van der Waals surface area contributed by atoms with E-state index in [4.69, 9.17) is 0 Å². The van der Waals surface area contributed by atoms with E-state index in [1.54, 1.807) is 43.3 Å². The summed E-state index contributed by atoms with van der Waals surface area (Å²) in [5, 5.41) is 2.93. The molecule has 0 aliphatic heterocycles. The highest BCUT2D eigenvalue weighted by molar-refractivity contribution is 6.10. The van der Waals surface area contributed by atoms with Crippen molar-refractivity contribution < 1.29 is 14.0 Å². The quantitative estimate of drug-likeness (QED) is 0.486. The predicted molar refractivity (Wildman–Crippen MR) is 120 cm³/mol. The Morgan fingerprint density at radius 3 is 2.34 bits per heavy atom. The van der Waals surface area contributed by atoms with E-state index in [-0.39, 0.29) is 17.5 Å². The number of pyridine rings is 2. The Kier molecular flexibility index (Phi) is 5.64. The summed E-state index contributed by atoms with van der Waals surface area (Å²) in [6.07, 6.45) is 1.38. The Balaban J connectivity index is 1.75. The van der Waals surface area contributed by atoms with Gasteiger partial charge in [-0.2, -0.15) is 0 Å². The van der Waals surface area contributed by atoms with Crippen LogP contribution in [0, 0.1) is 19.7 Å². The summed E-state index contributed by atoms with van der Waals surface area (Å²) in [4.78, 5) is 43.2. The topological polar surface area (TPSA) is 81.1 Å². The van der Waals surface area contributed by atoms with E-state index in [0.717, 1.165) is 5.56 Å². The average molecular weight is 429 g/mol. The van der Waals surface area contributed by atoms with Crippen LogP contribution in [0.1, 0.15) is 27.2 Å². The van der Waals surface area contributed by atoms with Crippen molar-refractivity contribution in [1.29, 1.82) is 0 Å². The first-order valence-electron chi connectivity index (χ1n) is 9.99. The highest BCUT2D eigenvalue weighted by Crippen LogP contribution is 2.15. The van der Waals surface area contributed by atoms with Crippen LogP contribution in [-0.4, -0.2) is 21.2 Å². The van der Waals surface area contributed by atoms with Gasteiger partial charge >= 0.3 is 0 Å². The zero-order valence-corrected chi connectivity index (χ0v) is 17.6. The van der Waals surface area contributed by atoms with Gasteiger partial charge in [0, 0.05) is 23.1 Å². The summed E-state index contributed by atoms with van der Waals surface area (Å²) in [5.41, 5.74) is 2.31. The van der Waals surface area contributed by atoms with E-state index in [2.05, 4.69) is 10.3 Å². The third-order valence-corrected chi connectivity index (χ3v) is 5.06. The minimum atomic E-state index is -0.437. The number of anilines is 1. The number of hydrogen-bond acceptors (Lipinski definition) is 4. The molecule has 0 fully saturated rings. The fraction of sp³-hybridized carbons (Fsp3) is 0.120. The van der Waals surface area contributed by atoms with Crippen LogP contribution >= 0.6 is 0 Å². The molecule has 7 heteroatoms. The number of carbonyl (C=O) groups excluding carboxylic acids is 2. The fourth-order valence-corrected chi connectivity index (χ4v) is 3.39. The van der Waals surface area contributed by atoms with Gasteiger partial charge in [0.15, 0.2) is 5.78 Å². The molecule has 0 bridgehead atoms. The maximum Gasteiger partial charge on any atom is 0.244 e. The van der Waals surface area contributed by atoms with Crippen molar-refractivity contribution in [3.05, 3.63) is 105 Å². The number of fused-ring (bicyclic) bond motifs is 1. The number of rotatable bonds is 5. The van der Waals surface area contributed by atoms with Crippen LogP contribution in [0.4, 0.5) is 10.1 Å². The van der Waals surface area contributed by atoms with Crippen LogP contribution in [0.15, 0.2) is 71.7 Å². The molecule has 32 heavy (non-hydrogen) atoms. The summed E-state index contributed by atoms with van der Waals surface area (Å²) in [7, 11) is 0. The van der Waals surface area contributed by atoms with Crippen molar-refractivity contribution >= 4 is 28.4 Å². The molecule has 4 aromatic rings. The molecular weight excluding hydrogens is 409 g/mol.